The van der Waals surface area contributed by atoms with Gasteiger partial charge < -0.3 is 20.1 Å². The van der Waals surface area contributed by atoms with Crippen LogP contribution in [0.5, 0.6) is 5.88 Å². The second-order valence-electron chi connectivity index (χ2n) is 7.15. The standard InChI is InChI=1S/C19H22FN7O3/c1-11(28)7-21-17(29)14-9-24-27-10-23-19(25-16(14)27)26-5-3-4-15(26)13-6-12(20)8-22-18(13)30-2/h6,8-11,15,28H,3-5,7H2,1-2H3,(H,21,29)/t11-,15-/m1/s1. The van der Waals surface area contributed by atoms with Gasteiger partial charge >= 0.3 is 0 Å². The van der Waals surface area contributed by atoms with E-state index in [1.54, 1.807) is 6.92 Å². The van der Waals surface area contributed by atoms with Gasteiger partial charge in [0.15, 0.2) is 5.65 Å². The molecule has 158 valence electrons. The number of nitrogens with zero attached hydrogens (tertiary/aromatic N) is 6. The fourth-order valence-corrected chi connectivity index (χ4v) is 3.60. The molecule has 0 aliphatic carbocycles. The van der Waals surface area contributed by atoms with Crippen LogP contribution in [0.2, 0.25) is 0 Å². The SMILES string of the molecule is COc1ncc(F)cc1[C@H]1CCCN1c1ncn2ncc(C(=O)NC[C@@H](C)O)c2n1. The number of nitrogens with one attached hydrogen (secondary N) is 1. The zero-order chi connectivity index (χ0) is 21.3. The number of aliphatic hydroxyl groups excluding tert-OH is 1. The highest BCUT2D eigenvalue weighted by atomic mass is 19.1. The van der Waals surface area contributed by atoms with Crippen LogP contribution >= 0.6 is 0 Å². The van der Waals surface area contributed by atoms with Crippen molar-refractivity contribution in [1.29, 1.82) is 0 Å². The third-order valence-electron chi connectivity index (χ3n) is 4.97. The molecule has 0 aromatic carbocycles. The lowest BCUT2D eigenvalue weighted by Gasteiger charge is -2.25. The highest BCUT2D eigenvalue weighted by Gasteiger charge is 2.31. The molecular weight excluding hydrogens is 393 g/mol. The van der Waals surface area contributed by atoms with Crippen LogP contribution in [0.15, 0.2) is 24.8 Å². The van der Waals surface area contributed by atoms with E-state index in [1.165, 1.54) is 30.2 Å². The first-order chi connectivity index (χ1) is 14.5. The lowest BCUT2D eigenvalue weighted by atomic mass is 10.1. The fraction of sp³-hybridized carbons (Fsp3) is 0.421. The van der Waals surface area contributed by atoms with E-state index in [0.29, 0.717) is 29.6 Å². The van der Waals surface area contributed by atoms with E-state index in [9.17, 15) is 14.3 Å². The third-order valence-corrected chi connectivity index (χ3v) is 4.97. The molecule has 4 rings (SSSR count). The first-order valence-electron chi connectivity index (χ1n) is 9.60. The van der Waals surface area contributed by atoms with Crippen molar-refractivity contribution >= 4 is 17.5 Å². The van der Waals surface area contributed by atoms with Crippen LogP contribution in [0.1, 0.15) is 41.7 Å². The van der Waals surface area contributed by atoms with Gasteiger partial charge in [-0.1, -0.05) is 0 Å². The van der Waals surface area contributed by atoms with Crippen molar-refractivity contribution in [1.82, 2.24) is 29.9 Å². The number of amides is 1. The monoisotopic (exact) mass is 415 g/mol. The van der Waals surface area contributed by atoms with Crippen LogP contribution in [0, 0.1) is 5.82 Å². The summed E-state index contributed by atoms with van der Waals surface area (Å²) in [6.07, 6.45) is 4.97. The number of aromatic nitrogens is 5. The van der Waals surface area contributed by atoms with Crippen molar-refractivity contribution < 1.29 is 19.0 Å². The summed E-state index contributed by atoms with van der Waals surface area (Å²) in [5, 5.41) is 16.1. The maximum Gasteiger partial charge on any atom is 0.256 e. The molecule has 1 amide bonds. The number of fused-ring (bicyclic) bond motifs is 1. The van der Waals surface area contributed by atoms with Gasteiger partial charge in [-0.05, 0) is 25.8 Å². The van der Waals surface area contributed by atoms with E-state index in [4.69, 9.17) is 4.74 Å². The van der Waals surface area contributed by atoms with Crippen molar-refractivity contribution in [2.24, 2.45) is 0 Å². The number of hydrogen-bond donors (Lipinski definition) is 2. The van der Waals surface area contributed by atoms with Crippen LogP contribution in [-0.2, 0) is 0 Å². The average Bonchev–Trinajstić information content (AvgIpc) is 3.38. The quantitative estimate of drug-likeness (QED) is 0.615. The fourth-order valence-electron chi connectivity index (χ4n) is 3.60. The Morgan fingerprint density at radius 2 is 2.27 bits per heavy atom. The summed E-state index contributed by atoms with van der Waals surface area (Å²) in [6, 6.07) is 1.21. The minimum absolute atomic E-state index is 0.120. The molecule has 2 N–H and O–H groups in total. The Kier molecular flexibility index (Phi) is 5.44. The number of anilines is 1. The van der Waals surface area contributed by atoms with Crippen LogP contribution in [0.3, 0.4) is 0 Å². The summed E-state index contributed by atoms with van der Waals surface area (Å²) in [6.45, 7) is 2.37. The number of hydrogen-bond acceptors (Lipinski definition) is 8. The second-order valence-corrected chi connectivity index (χ2v) is 7.15. The molecule has 0 spiro atoms. The zero-order valence-corrected chi connectivity index (χ0v) is 16.6. The molecule has 3 aromatic heterocycles. The summed E-state index contributed by atoms with van der Waals surface area (Å²) in [5.74, 6) is -0.0651. The molecule has 11 heteroatoms. The Labute approximate surface area is 171 Å². The van der Waals surface area contributed by atoms with Crippen LogP contribution < -0.4 is 15.0 Å². The van der Waals surface area contributed by atoms with Gasteiger partial charge in [-0.15, -0.1) is 0 Å². The van der Waals surface area contributed by atoms with E-state index in [0.717, 1.165) is 19.0 Å². The molecular formula is C19H22FN7O3. The van der Waals surface area contributed by atoms with E-state index >= 15 is 0 Å². The summed E-state index contributed by atoms with van der Waals surface area (Å²) >= 11 is 0. The Morgan fingerprint density at radius 1 is 1.43 bits per heavy atom. The first-order valence-corrected chi connectivity index (χ1v) is 9.60. The molecule has 0 unspecified atom stereocenters. The third kappa shape index (κ3) is 3.75. The average molecular weight is 415 g/mol. The Morgan fingerprint density at radius 3 is 3.03 bits per heavy atom. The highest BCUT2D eigenvalue weighted by Crippen LogP contribution is 2.38. The molecule has 3 aromatic rings. The predicted molar refractivity (Wildman–Crippen MR) is 105 cm³/mol. The molecule has 4 heterocycles. The Hall–Kier alpha value is -3.34. The van der Waals surface area contributed by atoms with Gasteiger partial charge in [0, 0.05) is 18.7 Å². The number of aliphatic hydroxyl groups is 1. The van der Waals surface area contributed by atoms with Gasteiger partial charge in [0.05, 0.1) is 31.6 Å². The van der Waals surface area contributed by atoms with Crippen LogP contribution in [0.25, 0.3) is 5.65 Å². The number of pyridine rings is 1. The van der Waals surface area contributed by atoms with Gasteiger partial charge in [-0.3, -0.25) is 4.79 Å². The van der Waals surface area contributed by atoms with E-state index in [2.05, 4.69) is 25.4 Å². The van der Waals surface area contributed by atoms with Gasteiger partial charge in [-0.25, -0.2) is 18.9 Å². The highest BCUT2D eigenvalue weighted by molar-refractivity contribution is 5.99. The minimum Gasteiger partial charge on any atom is -0.481 e. The lowest BCUT2D eigenvalue weighted by Crippen LogP contribution is -2.30. The van der Waals surface area contributed by atoms with E-state index in [1.807, 2.05) is 4.90 Å². The second kappa shape index (κ2) is 8.19. The summed E-state index contributed by atoms with van der Waals surface area (Å²) in [5.41, 5.74) is 1.25. The summed E-state index contributed by atoms with van der Waals surface area (Å²) in [4.78, 5) is 27.4. The topological polar surface area (TPSA) is 118 Å². The van der Waals surface area contributed by atoms with Gasteiger partial charge in [0.1, 0.15) is 17.7 Å². The van der Waals surface area contributed by atoms with Crippen molar-refractivity contribution in [3.63, 3.8) is 0 Å². The van der Waals surface area contributed by atoms with Crippen molar-refractivity contribution in [3.05, 3.63) is 41.7 Å². The van der Waals surface area contributed by atoms with Gasteiger partial charge in [-0.2, -0.15) is 10.1 Å². The molecule has 1 saturated heterocycles. The maximum absolute atomic E-state index is 13.9. The molecule has 2 atom stereocenters. The maximum atomic E-state index is 13.9. The molecule has 30 heavy (non-hydrogen) atoms. The van der Waals surface area contributed by atoms with Gasteiger partial charge in [0.2, 0.25) is 11.8 Å². The number of rotatable bonds is 6. The number of carbonyl (C=O) groups excluding carboxylic acids is 1. The summed E-state index contributed by atoms with van der Waals surface area (Å²) in [7, 11) is 1.50. The van der Waals surface area contributed by atoms with E-state index < -0.39 is 11.9 Å². The van der Waals surface area contributed by atoms with Crippen LogP contribution in [0.4, 0.5) is 10.3 Å². The van der Waals surface area contributed by atoms with Crippen LogP contribution in [-0.4, -0.2) is 61.9 Å². The molecule has 1 aliphatic heterocycles. The van der Waals surface area contributed by atoms with E-state index in [-0.39, 0.29) is 24.1 Å². The van der Waals surface area contributed by atoms with Gasteiger partial charge in [0.25, 0.3) is 5.91 Å². The molecule has 1 fully saturated rings. The van der Waals surface area contributed by atoms with Crippen molar-refractivity contribution in [2.75, 3.05) is 25.1 Å². The molecule has 0 saturated carbocycles. The number of carbonyl (C=O) groups is 1. The molecule has 10 nitrogen and oxygen atoms in total. The van der Waals surface area contributed by atoms with Crippen molar-refractivity contribution in [3.8, 4) is 5.88 Å². The predicted octanol–water partition coefficient (Wildman–Crippen LogP) is 1.12. The minimum atomic E-state index is -0.666. The van der Waals surface area contributed by atoms with Crippen molar-refractivity contribution in [2.45, 2.75) is 31.9 Å². The smallest absolute Gasteiger partial charge is 0.256 e. The number of methoxy groups -OCH3 is 1. The normalized spacial score (nSPS) is 17.3. The lowest BCUT2D eigenvalue weighted by molar-refractivity contribution is 0.0925. The number of halogens is 1. The molecule has 0 radical (unpaired) electrons. The number of ether oxygens (including phenoxy) is 1. The molecule has 0 bridgehead atoms. The largest absolute Gasteiger partial charge is 0.481 e. The molecule has 1 aliphatic rings. The zero-order valence-electron chi connectivity index (χ0n) is 16.6. The Bertz CT molecular complexity index is 1070. The first kappa shape index (κ1) is 20.0. The summed E-state index contributed by atoms with van der Waals surface area (Å²) < 4.78 is 20.6. The Balaban J connectivity index is 1.68.